The third-order valence-electron chi connectivity index (χ3n) is 2.66. The molecule has 0 aliphatic rings. The van der Waals surface area contributed by atoms with Crippen LogP contribution in [0.5, 0.6) is 0 Å². The van der Waals surface area contributed by atoms with E-state index in [1.807, 2.05) is 6.07 Å². The molecule has 2 nitrogen and oxygen atoms in total. The van der Waals surface area contributed by atoms with Gasteiger partial charge in [-0.1, -0.05) is 39.7 Å². The molecule has 1 aromatic heterocycles. The number of hydrogen-bond donors (Lipinski definition) is 1. The molecule has 5 heteroatoms. The van der Waals surface area contributed by atoms with Crippen molar-refractivity contribution in [2.24, 2.45) is 0 Å². The second-order valence-corrected chi connectivity index (χ2v) is 6.56. The Labute approximate surface area is 134 Å². The quantitative estimate of drug-likeness (QED) is 0.699. The highest BCUT2D eigenvalue weighted by atomic mass is 79.9. The molecular weight excluding hydrogens is 391 g/mol. The third kappa shape index (κ3) is 4.48. The van der Waals surface area contributed by atoms with Crippen LogP contribution in [0.15, 0.2) is 45.5 Å². The molecular formula is C14H13Br2ClN2. The van der Waals surface area contributed by atoms with Gasteiger partial charge in [0.2, 0.25) is 0 Å². The van der Waals surface area contributed by atoms with Crippen molar-refractivity contribution < 1.29 is 0 Å². The lowest BCUT2D eigenvalue weighted by Gasteiger charge is -2.16. The lowest BCUT2D eigenvalue weighted by molar-refractivity contribution is 0.789. The summed E-state index contributed by atoms with van der Waals surface area (Å²) in [4.78, 5) is 4.10. The Hall–Kier alpha value is -0.580. The molecule has 2 aromatic rings. The average Bonchev–Trinajstić information content (AvgIpc) is 2.37. The fourth-order valence-electron chi connectivity index (χ4n) is 1.81. The van der Waals surface area contributed by atoms with Crippen molar-refractivity contribution in [3.63, 3.8) is 0 Å². The molecule has 1 N–H and O–H groups in total. The summed E-state index contributed by atoms with van der Waals surface area (Å²) in [5.41, 5.74) is 2.13. The summed E-state index contributed by atoms with van der Waals surface area (Å²) < 4.78 is 2.01. The van der Waals surface area contributed by atoms with E-state index < -0.39 is 0 Å². The van der Waals surface area contributed by atoms with Gasteiger partial charge < -0.3 is 5.32 Å². The number of aromatic nitrogens is 1. The van der Waals surface area contributed by atoms with E-state index in [1.54, 1.807) is 6.20 Å². The maximum atomic E-state index is 6.06. The highest BCUT2D eigenvalue weighted by Crippen LogP contribution is 2.24. The minimum absolute atomic E-state index is 0.273. The summed E-state index contributed by atoms with van der Waals surface area (Å²) >= 11 is 12.9. The van der Waals surface area contributed by atoms with Crippen LogP contribution in [0.1, 0.15) is 12.5 Å². The molecule has 1 aromatic carbocycles. The Morgan fingerprint density at radius 1 is 1.21 bits per heavy atom. The van der Waals surface area contributed by atoms with E-state index in [-0.39, 0.29) is 6.04 Å². The lowest BCUT2D eigenvalue weighted by Crippen LogP contribution is -2.18. The maximum Gasteiger partial charge on any atom is 0.152 e. The van der Waals surface area contributed by atoms with Crippen molar-refractivity contribution in [1.29, 1.82) is 0 Å². The van der Waals surface area contributed by atoms with Crippen LogP contribution in [-0.2, 0) is 6.42 Å². The Bertz CT molecular complexity index is 558. The standard InChI is InChI=1S/C14H13Br2ClN2/c1-9(6-10-2-4-11(15)5-3-10)19-13-7-12(16)8-18-14(13)17/h2-5,7-9,19H,6H2,1H3. The molecule has 1 unspecified atom stereocenters. The molecule has 0 radical (unpaired) electrons. The van der Waals surface area contributed by atoms with Crippen LogP contribution in [-0.4, -0.2) is 11.0 Å². The van der Waals surface area contributed by atoms with E-state index >= 15 is 0 Å². The van der Waals surface area contributed by atoms with Crippen LogP contribution in [0.3, 0.4) is 0 Å². The first-order valence-electron chi connectivity index (χ1n) is 5.86. The second-order valence-electron chi connectivity index (χ2n) is 4.37. The van der Waals surface area contributed by atoms with Gasteiger partial charge in [0, 0.05) is 21.2 Å². The normalized spacial score (nSPS) is 12.2. The zero-order valence-electron chi connectivity index (χ0n) is 10.3. The van der Waals surface area contributed by atoms with Gasteiger partial charge in [0.05, 0.1) is 5.69 Å². The van der Waals surface area contributed by atoms with E-state index in [0.717, 1.165) is 21.1 Å². The number of pyridine rings is 1. The zero-order chi connectivity index (χ0) is 13.8. The van der Waals surface area contributed by atoms with E-state index in [1.165, 1.54) is 5.56 Å². The molecule has 0 saturated carbocycles. The summed E-state index contributed by atoms with van der Waals surface area (Å²) in [5, 5.41) is 3.87. The first-order valence-corrected chi connectivity index (χ1v) is 7.83. The Morgan fingerprint density at radius 3 is 2.58 bits per heavy atom. The van der Waals surface area contributed by atoms with Gasteiger partial charge in [-0.25, -0.2) is 4.98 Å². The van der Waals surface area contributed by atoms with Crippen molar-refractivity contribution in [3.8, 4) is 0 Å². The molecule has 1 heterocycles. The average molecular weight is 405 g/mol. The minimum atomic E-state index is 0.273. The van der Waals surface area contributed by atoms with Gasteiger partial charge in [-0.05, 0) is 53.0 Å². The SMILES string of the molecule is CC(Cc1ccc(Br)cc1)Nc1cc(Br)cnc1Cl. The predicted molar refractivity (Wildman–Crippen MR) is 87.9 cm³/mol. The monoisotopic (exact) mass is 402 g/mol. The Morgan fingerprint density at radius 2 is 1.89 bits per heavy atom. The summed E-state index contributed by atoms with van der Waals surface area (Å²) in [5.74, 6) is 0. The van der Waals surface area contributed by atoms with E-state index in [2.05, 4.69) is 73.3 Å². The first kappa shape index (κ1) is 14.8. The van der Waals surface area contributed by atoms with Crippen LogP contribution in [0.25, 0.3) is 0 Å². The maximum absolute atomic E-state index is 6.06. The summed E-state index contributed by atoms with van der Waals surface area (Å²) in [6.07, 6.45) is 2.61. The molecule has 0 aliphatic carbocycles. The number of rotatable bonds is 4. The molecule has 0 aliphatic heterocycles. The van der Waals surface area contributed by atoms with Crippen LogP contribution in [0.2, 0.25) is 5.15 Å². The summed E-state index contributed by atoms with van der Waals surface area (Å²) in [6.45, 7) is 2.12. The fraction of sp³-hybridized carbons (Fsp3) is 0.214. The van der Waals surface area contributed by atoms with E-state index in [0.29, 0.717) is 5.15 Å². The molecule has 1 atom stereocenters. The zero-order valence-corrected chi connectivity index (χ0v) is 14.3. The van der Waals surface area contributed by atoms with Crippen molar-refractivity contribution in [3.05, 3.63) is 56.2 Å². The molecule has 0 saturated heterocycles. The lowest BCUT2D eigenvalue weighted by atomic mass is 10.1. The van der Waals surface area contributed by atoms with Crippen LogP contribution in [0.4, 0.5) is 5.69 Å². The molecule has 0 amide bonds. The highest BCUT2D eigenvalue weighted by molar-refractivity contribution is 9.10. The third-order valence-corrected chi connectivity index (χ3v) is 3.93. The highest BCUT2D eigenvalue weighted by Gasteiger charge is 2.08. The van der Waals surface area contributed by atoms with Crippen molar-refractivity contribution in [2.45, 2.75) is 19.4 Å². The van der Waals surface area contributed by atoms with Crippen LogP contribution >= 0.6 is 43.5 Å². The molecule has 0 fully saturated rings. The number of halogens is 3. The number of hydrogen-bond acceptors (Lipinski definition) is 2. The molecule has 2 rings (SSSR count). The van der Waals surface area contributed by atoms with Gasteiger partial charge in [0.25, 0.3) is 0 Å². The second kappa shape index (κ2) is 6.73. The first-order chi connectivity index (χ1) is 9.04. The number of nitrogens with zero attached hydrogens (tertiary/aromatic N) is 1. The molecule has 19 heavy (non-hydrogen) atoms. The Kier molecular flexibility index (Phi) is 5.25. The number of anilines is 1. The number of benzene rings is 1. The van der Waals surface area contributed by atoms with Gasteiger partial charge in [0.1, 0.15) is 0 Å². The largest absolute Gasteiger partial charge is 0.380 e. The summed E-state index contributed by atoms with van der Waals surface area (Å²) in [6, 6.07) is 10.5. The smallest absolute Gasteiger partial charge is 0.152 e. The van der Waals surface area contributed by atoms with Crippen molar-refractivity contribution in [1.82, 2.24) is 4.98 Å². The Balaban J connectivity index is 2.02. The fourth-order valence-corrected chi connectivity index (χ4v) is 2.57. The van der Waals surface area contributed by atoms with Gasteiger partial charge in [0.15, 0.2) is 5.15 Å². The van der Waals surface area contributed by atoms with Crippen LogP contribution in [0, 0.1) is 0 Å². The molecule has 100 valence electrons. The van der Waals surface area contributed by atoms with E-state index in [4.69, 9.17) is 11.6 Å². The topological polar surface area (TPSA) is 24.9 Å². The van der Waals surface area contributed by atoms with Gasteiger partial charge in [-0.2, -0.15) is 0 Å². The van der Waals surface area contributed by atoms with Gasteiger partial charge in [-0.3, -0.25) is 0 Å². The minimum Gasteiger partial charge on any atom is -0.380 e. The van der Waals surface area contributed by atoms with E-state index in [9.17, 15) is 0 Å². The van der Waals surface area contributed by atoms with Crippen molar-refractivity contribution >= 4 is 49.1 Å². The van der Waals surface area contributed by atoms with Crippen molar-refractivity contribution in [2.75, 3.05) is 5.32 Å². The molecule has 0 bridgehead atoms. The van der Waals surface area contributed by atoms with Crippen LogP contribution < -0.4 is 5.32 Å². The number of nitrogens with one attached hydrogen (secondary N) is 1. The molecule has 0 spiro atoms. The van der Waals surface area contributed by atoms with Gasteiger partial charge in [-0.15, -0.1) is 0 Å². The van der Waals surface area contributed by atoms with Gasteiger partial charge >= 0.3 is 0 Å². The predicted octanol–water partition coefficient (Wildman–Crippen LogP) is 5.30. The summed E-state index contributed by atoms with van der Waals surface area (Å²) in [7, 11) is 0.